The van der Waals surface area contributed by atoms with Gasteiger partial charge in [0, 0.05) is 0 Å². The van der Waals surface area contributed by atoms with Crippen LogP contribution in [0.2, 0.25) is 0 Å². The van der Waals surface area contributed by atoms with Crippen LogP contribution in [0.3, 0.4) is 0 Å². The molecule has 0 fully saturated rings. The molecule has 0 spiro atoms. The van der Waals surface area contributed by atoms with Crippen molar-refractivity contribution in [2.24, 2.45) is 0 Å². The van der Waals surface area contributed by atoms with Gasteiger partial charge in [-0.1, -0.05) is 106 Å². The summed E-state index contributed by atoms with van der Waals surface area (Å²) in [5.74, 6) is 0. The van der Waals surface area contributed by atoms with Crippen LogP contribution in [0.4, 0.5) is 0 Å². The summed E-state index contributed by atoms with van der Waals surface area (Å²) in [6.07, 6.45) is 8.41. The highest BCUT2D eigenvalue weighted by Gasteiger charge is 2.17. The van der Waals surface area contributed by atoms with Crippen LogP contribution in [-0.2, 0) is 11.8 Å². The average Bonchev–Trinajstić information content (AvgIpc) is 3.21. The van der Waals surface area contributed by atoms with Crippen molar-refractivity contribution in [1.82, 2.24) is 0 Å². The van der Waals surface area contributed by atoms with Crippen LogP contribution in [0.5, 0.6) is 0 Å². The van der Waals surface area contributed by atoms with Gasteiger partial charge in [0.15, 0.2) is 0 Å². The molecular formula is C36H38. The van der Waals surface area contributed by atoms with Crippen molar-refractivity contribution in [3.63, 3.8) is 0 Å². The Labute approximate surface area is 217 Å². The van der Waals surface area contributed by atoms with E-state index in [1.54, 1.807) is 0 Å². The van der Waals surface area contributed by atoms with Crippen molar-refractivity contribution in [1.29, 1.82) is 0 Å². The Morgan fingerprint density at radius 2 is 1.47 bits per heavy atom. The molecule has 36 heavy (non-hydrogen) atoms. The van der Waals surface area contributed by atoms with Gasteiger partial charge in [0.25, 0.3) is 0 Å². The van der Waals surface area contributed by atoms with Crippen molar-refractivity contribution in [3.8, 4) is 22.3 Å². The number of hydrogen-bond acceptors (Lipinski definition) is 0. The Hall–Kier alpha value is -3.38. The molecule has 4 aromatic rings. The molecule has 0 saturated carbocycles. The quantitative estimate of drug-likeness (QED) is 0.243. The second-order valence-electron chi connectivity index (χ2n) is 11.5. The number of hydrogen-bond donors (Lipinski definition) is 0. The van der Waals surface area contributed by atoms with E-state index < -0.39 is 0 Å². The fourth-order valence-corrected chi connectivity index (χ4v) is 5.37. The monoisotopic (exact) mass is 470 g/mol. The summed E-state index contributed by atoms with van der Waals surface area (Å²) in [5, 5.41) is 2.67. The van der Waals surface area contributed by atoms with Gasteiger partial charge in [0.05, 0.1) is 0 Å². The van der Waals surface area contributed by atoms with Gasteiger partial charge >= 0.3 is 0 Å². The molecule has 4 aromatic carbocycles. The van der Waals surface area contributed by atoms with Crippen LogP contribution in [-0.4, -0.2) is 0 Å². The molecule has 0 aromatic heterocycles. The first-order valence-corrected chi connectivity index (χ1v) is 13.4. The Kier molecular flexibility index (Phi) is 6.47. The van der Waals surface area contributed by atoms with Gasteiger partial charge in [-0.05, 0) is 111 Å². The minimum Gasteiger partial charge on any atom is -0.0654 e. The van der Waals surface area contributed by atoms with E-state index in [-0.39, 0.29) is 5.41 Å². The zero-order valence-electron chi connectivity index (χ0n) is 22.7. The zero-order valence-corrected chi connectivity index (χ0v) is 22.7. The number of rotatable bonds is 5. The summed E-state index contributed by atoms with van der Waals surface area (Å²) in [5.41, 5.74) is 13.5. The molecular weight excluding hydrogens is 432 g/mol. The van der Waals surface area contributed by atoms with Gasteiger partial charge in [-0.2, -0.15) is 0 Å². The summed E-state index contributed by atoms with van der Waals surface area (Å²) < 4.78 is 0. The van der Waals surface area contributed by atoms with E-state index in [2.05, 4.69) is 126 Å². The third kappa shape index (κ3) is 4.70. The highest BCUT2D eigenvalue weighted by Crippen LogP contribution is 2.32. The Morgan fingerprint density at radius 3 is 2.14 bits per heavy atom. The molecule has 5 rings (SSSR count). The lowest BCUT2D eigenvalue weighted by molar-refractivity contribution is 0.590. The van der Waals surface area contributed by atoms with Crippen LogP contribution in [0.25, 0.3) is 34.4 Å². The predicted octanol–water partition coefficient (Wildman–Crippen LogP) is 8.25. The van der Waals surface area contributed by atoms with E-state index in [1.165, 1.54) is 78.9 Å². The molecule has 0 nitrogen and oxygen atoms in total. The Bertz CT molecular complexity index is 1520. The van der Waals surface area contributed by atoms with Crippen molar-refractivity contribution in [2.45, 2.75) is 66.2 Å². The molecule has 0 heterocycles. The highest BCUT2D eigenvalue weighted by atomic mass is 14.2. The van der Waals surface area contributed by atoms with Crippen LogP contribution in [0.1, 0.15) is 73.9 Å². The van der Waals surface area contributed by atoms with Crippen molar-refractivity contribution in [3.05, 3.63) is 117 Å². The molecule has 1 aliphatic carbocycles. The molecule has 1 aliphatic rings. The van der Waals surface area contributed by atoms with E-state index in [9.17, 15) is 0 Å². The molecule has 0 amide bonds. The second kappa shape index (κ2) is 9.58. The third-order valence-corrected chi connectivity index (χ3v) is 7.65. The maximum atomic E-state index is 2.42. The minimum atomic E-state index is 0.159. The average molecular weight is 471 g/mol. The van der Waals surface area contributed by atoms with Gasteiger partial charge in [-0.25, -0.2) is 0 Å². The molecule has 0 aliphatic heterocycles. The molecule has 0 atom stereocenters. The number of benzene rings is 4. The van der Waals surface area contributed by atoms with Crippen molar-refractivity contribution in [2.75, 3.05) is 0 Å². The molecule has 0 bridgehead atoms. The largest absolute Gasteiger partial charge is 0.0654 e. The SMILES string of the molecule is CCCCc1ccc(-c2cc3c(c(=Cc4ccc(C(C)(C)C)cc4)c2C)=Cc2cc(C)ccc2-3)cc1. The fraction of sp³-hybridized carbons (Fsp3) is 0.278. The van der Waals surface area contributed by atoms with Gasteiger partial charge in [0.1, 0.15) is 0 Å². The maximum absolute atomic E-state index is 2.42. The van der Waals surface area contributed by atoms with E-state index >= 15 is 0 Å². The second-order valence-corrected chi connectivity index (χ2v) is 11.5. The van der Waals surface area contributed by atoms with E-state index in [0.717, 1.165) is 6.42 Å². The summed E-state index contributed by atoms with van der Waals surface area (Å²) >= 11 is 0. The Morgan fingerprint density at radius 1 is 0.750 bits per heavy atom. The van der Waals surface area contributed by atoms with E-state index in [1.807, 2.05) is 0 Å². The van der Waals surface area contributed by atoms with Gasteiger partial charge in [0.2, 0.25) is 0 Å². The van der Waals surface area contributed by atoms with Crippen molar-refractivity contribution < 1.29 is 0 Å². The van der Waals surface area contributed by atoms with Crippen LogP contribution < -0.4 is 10.4 Å². The first-order valence-electron chi connectivity index (χ1n) is 13.4. The normalized spacial score (nSPS) is 12.9. The highest BCUT2D eigenvalue weighted by molar-refractivity contribution is 5.87. The number of aryl methyl sites for hydroxylation is 2. The lowest BCUT2D eigenvalue weighted by Crippen LogP contribution is -2.28. The van der Waals surface area contributed by atoms with Gasteiger partial charge in [-0.3, -0.25) is 0 Å². The predicted molar refractivity (Wildman–Crippen MR) is 157 cm³/mol. The summed E-state index contributed by atoms with van der Waals surface area (Å²) in [4.78, 5) is 0. The summed E-state index contributed by atoms with van der Waals surface area (Å²) in [6, 6.07) is 27.6. The van der Waals surface area contributed by atoms with Crippen molar-refractivity contribution >= 4 is 12.2 Å². The van der Waals surface area contributed by atoms with Crippen LogP contribution in [0.15, 0.2) is 72.8 Å². The topological polar surface area (TPSA) is 0 Å². The standard InChI is InChI=1S/C36H38/c1-7-8-9-26-11-15-28(16-12-26)32-23-35-31-19-10-24(2)20-29(31)22-34(35)33(25(32)3)21-27-13-17-30(18-14-27)36(4,5)6/h10-23H,7-9H2,1-6H3. The molecule has 182 valence electrons. The molecule has 0 heteroatoms. The molecule has 0 unspecified atom stereocenters. The molecule has 0 radical (unpaired) electrons. The maximum Gasteiger partial charge on any atom is -0.00928 e. The smallest absolute Gasteiger partial charge is 0.00928 e. The van der Waals surface area contributed by atoms with Crippen LogP contribution in [0, 0.1) is 13.8 Å². The third-order valence-electron chi connectivity index (χ3n) is 7.65. The number of unbranched alkanes of at least 4 members (excludes halogenated alkanes) is 1. The first-order chi connectivity index (χ1) is 17.2. The lowest BCUT2D eigenvalue weighted by Gasteiger charge is -2.18. The zero-order chi connectivity index (χ0) is 25.4. The molecule has 0 saturated heterocycles. The fourth-order valence-electron chi connectivity index (χ4n) is 5.37. The first kappa shape index (κ1) is 24.3. The minimum absolute atomic E-state index is 0.159. The van der Waals surface area contributed by atoms with Gasteiger partial charge in [-0.15, -0.1) is 0 Å². The van der Waals surface area contributed by atoms with Crippen LogP contribution >= 0.6 is 0 Å². The van der Waals surface area contributed by atoms with E-state index in [4.69, 9.17) is 0 Å². The summed E-state index contributed by atoms with van der Waals surface area (Å²) in [6.45, 7) is 13.5. The summed E-state index contributed by atoms with van der Waals surface area (Å²) in [7, 11) is 0. The lowest BCUT2D eigenvalue weighted by atomic mass is 9.86. The van der Waals surface area contributed by atoms with E-state index in [0.29, 0.717) is 0 Å². The number of fused-ring (bicyclic) bond motifs is 3. The Balaban J connectivity index is 1.70. The molecule has 0 N–H and O–H groups in total. The van der Waals surface area contributed by atoms with Gasteiger partial charge < -0.3 is 0 Å².